The number of nitrogens with zero attached hydrogens (tertiary/aromatic N) is 4. The van der Waals surface area contributed by atoms with Gasteiger partial charge in [-0.1, -0.05) is 18.2 Å². The largest absolute Gasteiger partial charge is 0.378 e. The smallest absolute Gasteiger partial charge is 0.248 e. The van der Waals surface area contributed by atoms with Crippen LogP contribution in [0, 0.1) is 0 Å². The van der Waals surface area contributed by atoms with Crippen LogP contribution in [0.25, 0.3) is 5.69 Å². The molecular formula is C16H18N6. The van der Waals surface area contributed by atoms with Gasteiger partial charge in [-0.2, -0.15) is 9.67 Å². The number of aromatic nitrogens is 3. The molecule has 0 radical (unpaired) electrons. The SMILES string of the molecule is CN(C)c1ccc(Nc2nc(N)n(-c3ccccc3)n2)cc1. The van der Waals surface area contributed by atoms with Gasteiger partial charge in [0, 0.05) is 25.5 Å². The Balaban J connectivity index is 1.82. The van der Waals surface area contributed by atoms with Crippen LogP contribution in [0.2, 0.25) is 0 Å². The molecule has 6 heteroatoms. The fourth-order valence-corrected chi connectivity index (χ4v) is 2.11. The van der Waals surface area contributed by atoms with Crippen LogP contribution in [0.15, 0.2) is 54.6 Å². The van der Waals surface area contributed by atoms with Gasteiger partial charge in [0.25, 0.3) is 0 Å². The third-order valence-corrected chi connectivity index (χ3v) is 3.27. The summed E-state index contributed by atoms with van der Waals surface area (Å²) in [5.74, 6) is 0.817. The van der Waals surface area contributed by atoms with Crippen LogP contribution in [0.5, 0.6) is 0 Å². The summed E-state index contributed by atoms with van der Waals surface area (Å²) in [6.45, 7) is 0. The van der Waals surface area contributed by atoms with Gasteiger partial charge in [0.1, 0.15) is 0 Å². The zero-order valence-corrected chi connectivity index (χ0v) is 12.6. The third-order valence-electron chi connectivity index (χ3n) is 3.27. The number of para-hydroxylation sites is 1. The normalized spacial score (nSPS) is 10.5. The van der Waals surface area contributed by atoms with Gasteiger partial charge in [0.05, 0.1) is 5.69 Å². The number of hydrogen-bond donors (Lipinski definition) is 2. The zero-order chi connectivity index (χ0) is 15.5. The predicted octanol–water partition coefficient (Wildman–Crippen LogP) is 2.66. The van der Waals surface area contributed by atoms with E-state index < -0.39 is 0 Å². The quantitative estimate of drug-likeness (QED) is 0.774. The van der Waals surface area contributed by atoms with Gasteiger partial charge >= 0.3 is 0 Å². The molecule has 3 aromatic rings. The first kappa shape index (κ1) is 13.9. The van der Waals surface area contributed by atoms with Gasteiger partial charge < -0.3 is 16.0 Å². The monoisotopic (exact) mass is 294 g/mol. The van der Waals surface area contributed by atoms with Gasteiger partial charge in [-0.15, -0.1) is 5.10 Å². The summed E-state index contributed by atoms with van der Waals surface area (Å²) < 4.78 is 1.61. The second kappa shape index (κ2) is 5.77. The Morgan fingerprint density at radius 3 is 2.32 bits per heavy atom. The lowest BCUT2D eigenvalue weighted by molar-refractivity contribution is 0.894. The molecule has 0 atom stereocenters. The van der Waals surface area contributed by atoms with Crippen molar-refractivity contribution in [3.05, 3.63) is 54.6 Å². The van der Waals surface area contributed by atoms with Crippen LogP contribution in [-0.4, -0.2) is 28.9 Å². The average molecular weight is 294 g/mol. The first-order valence-corrected chi connectivity index (χ1v) is 6.96. The van der Waals surface area contributed by atoms with E-state index in [4.69, 9.17) is 5.73 Å². The van der Waals surface area contributed by atoms with Gasteiger partial charge in [-0.25, -0.2) is 0 Å². The Bertz CT molecular complexity index is 746. The average Bonchev–Trinajstić information content (AvgIpc) is 2.89. The van der Waals surface area contributed by atoms with Crippen molar-refractivity contribution in [3.8, 4) is 5.69 Å². The highest BCUT2D eigenvalue weighted by Crippen LogP contribution is 2.20. The van der Waals surface area contributed by atoms with Crippen LogP contribution in [0.4, 0.5) is 23.3 Å². The van der Waals surface area contributed by atoms with E-state index in [1.54, 1.807) is 4.68 Å². The second-order valence-corrected chi connectivity index (χ2v) is 5.11. The lowest BCUT2D eigenvalue weighted by Crippen LogP contribution is -2.08. The van der Waals surface area contributed by atoms with Crippen molar-refractivity contribution in [2.45, 2.75) is 0 Å². The molecule has 0 amide bonds. The van der Waals surface area contributed by atoms with Crippen LogP contribution in [0.1, 0.15) is 0 Å². The number of nitrogens with two attached hydrogens (primary N) is 1. The maximum absolute atomic E-state index is 5.93. The molecule has 3 rings (SSSR count). The van der Waals surface area contributed by atoms with E-state index in [0.29, 0.717) is 11.9 Å². The van der Waals surface area contributed by atoms with Crippen molar-refractivity contribution in [2.24, 2.45) is 0 Å². The van der Waals surface area contributed by atoms with Crippen molar-refractivity contribution in [3.63, 3.8) is 0 Å². The van der Waals surface area contributed by atoms with E-state index >= 15 is 0 Å². The fraction of sp³-hybridized carbons (Fsp3) is 0.125. The minimum absolute atomic E-state index is 0.346. The van der Waals surface area contributed by atoms with Crippen LogP contribution in [0.3, 0.4) is 0 Å². The van der Waals surface area contributed by atoms with E-state index in [2.05, 4.69) is 15.4 Å². The summed E-state index contributed by atoms with van der Waals surface area (Å²) in [5, 5.41) is 7.55. The Kier molecular flexibility index (Phi) is 3.65. The first-order valence-electron chi connectivity index (χ1n) is 6.96. The third kappa shape index (κ3) is 2.85. The molecule has 0 aliphatic rings. The van der Waals surface area contributed by atoms with Gasteiger partial charge in [-0.3, -0.25) is 0 Å². The van der Waals surface area contributed by atoms with Crippen LogP contribution < -0.4 is 16.0 Å². The van der Waals surface area contributed by atoms with E-state index in [9.17, 15) is 0 Å². The van der Waals surface area contributed by atoms with Gasteiger partial charge in [0.2, 0.25) is 11.9 Å². The molecule has 112 valence electrons. The van der Waals surface area contributed by atoms with Crippen LogP contribution in [-0.2, 0) is 0 Å². The first-order chi connectivity index (χ1) is 10.6. The predicted molar refractivity (Wildman–Crippen MR) is 89.8 cm³/mol. The van der Waals surface area contributed by atoms with E-state index in [1.165, 1.54) is 0 Å². The van der Waals surface area contributed by atoms with Crippen molar-refractivity contribution in [1.29, 1.82) is 0 Å². The molecule has 0 fully saturated rings. The molecule has 6 nitrogen and oxygen atoms in total. The number of nitrogen functional groups attached to an aromatic ring is 1. The fourth-order valence-electron chi connectivity index (χ4n) is 2.11. The van der Waals surface area contributed by atoms with Crippen molar-refractivity contribution >= 4 is 23.3 Å². The Morgan fingerprint density at radius 2 is 1.68 bits per heavy atom. The van der Waals surface area contributed by atoms with Crippen LogP contribution >= 0.6 is 0 Å². The summed E-state index contributed by atoms with van der Waals surface area (Å²) in [6, 6.07) is 17.7. The molecule has 0 spiro atoms. The lowest BCUT2D eigenvalue weighted by atomic mass is 10.2. The maximum atomic E-state index is 5.93. The van der Waals surface area contributed by atoms with Crippen molar-refractivity contribution in [1.82, 2.24) is 14.8 Å². The summed E-state index contributed by atoms with van der Waals surface area (Å²) in [7, 11) is 4.01. The van der Waals surface area contributed by atoms with E-state index in [-0.39, 0.29) is 0 Å². The lowest BCUT2D eigenvalue weighted by Gasteiger charge is -2.12. The minimum Gasteiger partial charge on any atom is -0.378 e. The zero-order valence-electron chi connectivity index (χ0n) is 12.6. The Labute approximate surface area is 129 Å². The molecule has 0 saturated heterocycles. The van der Waals surface area contributed by atoms with Gasteiger partial charge in [-0.05, 0) is 36.4 Å². The number of rotatable bonds is 4. The topological polar surface area (TPSA) is 72.0 Å². The number of nitrogens with one attached hydrogen (secondary N) is 1. The Morgan fingerprint density at radius 1 is 1.00 bits per heavy atom. The van der Waals surface area contributed by atoms with E-state index in [0.717, 1.165) is 17.1 Å². The summed E-state index contributed by atoms with van der Waals surface area (Å²) in [4.78, 5) is 6.29. The molecule has 22 heavy (non-hydrogen) atoms. The highest BCUT2D eigenvalue weighted by Gasteiger charge is 2.08. The summed E-state index contributed by atoms with van der Waals surface area (Å²) in [5.41, 5.74) is 8.86. The van der Waals surface area contributed by atoms with E-state index in [1.807, 2.05) is 73.6 Å². The summed E-state index contributed by atoms with van der Waals surface area (Å²) in [6.07, 6.45) is 0. The second-order valence-electron chi connectivity index (χ2n) is 5.11. The minimum atomic E-state index is 0.346. The molecular weight excluding hydrogens is 276 g/mol. The molecule has 0 saturated carbocycles. The molecule has 2 aromatic carbocycles. The molecule has 0 unspecified atom stereocenters. The maximum Gasteiger partial charge on any atom is 0.248 e. The molecule has 0 aliphatic carbocycles. The molecule has 0 aliphatic heterocycles. The number of benzene rings is 2. The van der Waals surface area contributed by atoms with Crippen molar-refractivity contribution < 1.29 is 0 Å². The molecule has 1 heterocycles. The standard InChI is InChI=1S/C16H18N6/c1-21(2)13-10-8-12(9-11-13)18-16-19-15(17)22(20-16)14-6-4-3-5-7-14/h3-11H,1-2H3,(H3,17,18,19,20). The van der Waals surface area contributed by atoms with Crippen molar-refractivity contribution in [2.75, 3.05) is 30.0 Å². The highest BCUT2D eigenvalue weighted by molar-refractivity contribution is 5.59. The molecule has 0 bridgehead atoms. The molecule has 1 aromatic heterocycles. The van der Waals surface area contributed by atoms with Gasteiger partial charge in [0.15, 0.2) is 0 Å². The Hall–Kier alpha value is -3.02. The summed E-state index contributed by atoms with van der Waals surface area (Å²) >= 11 is 0. The number of hydrogen-bond acceptors (Lipinski definition) is 5. The highest BCUT2D eigenvalue weighted by atomic mass is 15.4. The number of anilines is 4. The molecule has 3 N–H and O–H groups in total.